The molecule has 0 atom stereocenters. The Morgan fingerprint density at radius 3 is 2.55 bits per heavy atom. The van der Waals surface area contributed by atoms with Crippen LogP contribution in [0, 0.1) is 5.92 Å². The fourth-order valence-corrected chi connectivity index (χ4v) is 5.07. The van der Waals surface area contributed by atoms with Gasteiger partial charge in [-0.2, -0.15) is 13.2 Å². The van der Waals surface area contributed by atoms with Gasteiger partial charge >= 0.3 is 6.18 Å². The van der Waals surface area contributed by atoms with Crippen LogP contribution in [0.25, 0.3) is 0 Å². The number of rotatable bonds is 4. The normalized spacial score (nSPS) is 21.0. The number of carbonyl (C=O) groups is 1. The Labute approximate surface area is 181 Å². The number of piperidine rings is 1. The third kappa shape index (κ3) is 4.71. The topological polar surface area (TPSA) is 35.9 Å². The monoisotopic (exact) mass is 433 g/mol. The van der Waals surface area contributed by atoms with Crippen LogP contribution in [0.4, 0.5) is 13.2 Å². The van der Waals surface area contributed by atoms with Crippen molar-refractivity contribution in [1.29, 1.82) is 0 Å². The van der Waals surface area contributed by atoms with E-state index in [1.807, 2.05) is 0 Å². The van der Waals surface area contributed by atoms with Gasteiger partial charge in [-0.15, -0.1) is 0 Å². The lowest BCUT2D eigenvalue weighted by Gasteiger charge is -2.34. The summed E-state index contributed by atoms with van der Waals surface area (Å²) in [7, 11) is 0. The van der Waals surface area contributed by atoms with Crippen molar-refractivity contribution in [3.05, 3.63) is 46.5 Å². The maximum atomic E-state index is 13.4. The van der Waals surface area contributed by atoms with Crippen LogP contribution < -0.4 is 0 Å². The summed E-state index contributed by atoms with van der Waals surface area (Å²) in [4.78, 5) is 22.0. The minimum Gasteiger partial charge on any atom is -0.337 e. The molecule has 3 aliphatic heterocycles. The number of hydrogen-bond donors (Lipinski definition) is 0. The number of nitrogens with zero attached hydrogens (tertiary/aromatic N) is 3. The van der Waals surface area contributed by atoms with Gasteiger partial charge in [-0.05, 0) is 53.9 Å². The van der Waals surface area contributed by atoms with E-state index in [-0.39, 0.29) is 11.8 Å². The average Bonchev–Trinajstić information content (AvgIpc) is 3.15. The van der Waals surface area contributed by atoms with Crippen molar-refractivity contribution in [2.75, 3.05) is 39.3 Å². The van der Waals surface area contributed by atoms with Gasteiger partial charge in [0.15, 0.2) is 0 Å². The summed E-state index contributed by atoms with van der Waals surface area (Å²) in [5.74, 6) is 0.329. The van der Waals surface area contributed by atoms with Crippen LogP contribution in [0.1, 0.15) is 50.2 Å². The largest absolute Gasteiger partial charge is 0.416 e. The minimum atomic E-state index is -4.35. The zero-order valence-electron chi connectivity index (χ0n) is 18.2. The van der Waals surface area contributed by atoms with Crippen molar-refractivity contribution < 1.29 is 18.0 Å². The molecule has 1 amide bonds. The van der Waals surface area contributed by atoms with E-state index in [0.717, 1.165) is 37.7 Å². The average molecular weight is 434 g/mol. The molecule has 1 fully saturated rings. The number of aliphatic imine (C=N–C) groups is 1. The molecule has 3 aliphatic rings. The van der Waals surface area contributed by atoms with Gasteiger partial charge in [-0.1, -0.05) is 32.0 Å². The molecule has 0 aromatic heterocycles. The number of carbonyl (C=O) groups excluding carboxylic acids is 1. The maximum Gasteiger partial charge on any atom is 0.416 e. The Bertz CT molecular complexity index is 896. The van der Waals surface area contributed by atoms with Crippen LogP contribution >= 0.6 is 0 Å². The van der Waals surface area contributed by atoms with Crippen LogP contribution in [0.15, 0.2) is 40.4 Å². The number of alkyl halides is 3. The van der Waals surface area contributed by atoms with Crippen LogP contribution in [0.2, 0.25) is 0 Å². The Kier molecular flexibility index (Phi) is 6.24. The lowest BCUT2D eigenvalue weighted by atomic mass is 9.86. The summed E-state index contributed by atoms with van der Waals surface area (Å²) >= 11 is 0. The highest BCUT2D eigenvalue weighted by Gasteiger charge is 2.37. The first-order valence-electron chi connectivity index (χ1n) is 11.2. The van der Waals surface area contributed by atoms with E-state index in [0.29, 0.717) is 49.7 Å². The first kappa shape index (κ1) is 22.1. The standard InChI is InChI=1S/C24H30F3N3O/c1-16(2)14-29-10-7-18-13-28-22(20(18)15-29)23(31)30-11-8-17(9-12-30)19-5-3-4-6-21(19)24(25,26)27/h3-6,16-17H,7-15H2,1-2H3. The Hall–Kier alpha value is -2.15. The second-order valence-corrected chi connectivity index (χ2v) is 9.28. The molecular formula is C24H30F3N3O. The molecule has 3 heterocycles. The van der Waals surface area contributed by atoms with Crippen molar-refractivity contribution in [3.8, 4) is 0 Å². The van der Waals surface area contributed by atoms with Gasteiger partial charge < -0.3 is 4.90 Å². The van der Waals surface area contributed by atoms with E-state index in [9.17, 15) is 18.0 Å². The molecule has 4 nitrogen and oxygen atoms in total. The summed E-state index contributed by atoms with van der Waals surface area (Å²) in [6, 6.07) is 5.82. The fraction of sp³-hybridized carbons (Fsp3) is 0.583. The molecule has 1 saturated heterocycles. The number of amides is 1. The molecule has 0 aliphatic carbocycles. The van der Waals surface area contributed by atoms with Gasteiger partial charge in [0.1, 0.15) is 5.71 Å². The minimum absolute atomic E-state index is 0.0565. The molecule has 0 unspecified atom stereocenters. The summed E-state index contributed by atoms with van der Waals surface area (Å²) in [6.45, 7) is 8.72. The molecule has 31 heavy (non-hydrogen) atoms. The highest BCUT2D eigenvalue weighted by atomic mass is 19.4. The van der Waals surface area contributed by atoms with E-state index in [1.165, 1.54) is 11.6 Å². The third-order valence-electron chi connectivity index (χ3n) is 6.57. The van der Waals surface area contributed by atoms with Gasteiger partial charge in [0.2, 0.25) is 0 Å². The van der Waals surface area contributed by atoms with Crippen molar-refractivity contribution in [2.24, 2.45) is 10.9 Å². The molecule has 0 bridgehead atoms. The maximum absolute atomic E-state index is 13.4. The van der Waals surface area contributed by atoms with E-state index in [4.69, 9.17) is 0 Å². The molecular weight excluding hydrogens is 403 g/mol. The van der Waals surface area contributed by atoms with Crippen molar-refractivity contribution >= 4 is 11.6 Å². The highest BCUT2D eigenvalue weighted by molar-refractivity contribution is 6.46. The van der Waals surface area contributed by atoms with Crippen molar-refractivity contribution in [1.82, 2.24) is 9.80 Å². The number of hydrogen-bond acceptors (Lipinski definition) is 3. The van der Waals surface area contributed by atoms with E-state index in [2.05, 4.69) is 23.7 Å². The summed E-state index contributed by atoms with van der Waals surface area (Å²) in [5.41, 5.74) is 2.74. The van der Waals surface area contributed by atoms with Gasteiger partial charge in [-0.3, -0.25) is 14.7 Å². The predicted molar refractivity (Wildman–Crippen MR) is 115 cm³/mol. The Balaban J connectivity index is 1.41. The fourth-order valence-electron chi connectivity index (χ4n) is 5.07. The Morgan fingerprint density at radius 1 is 1.16 bits per heavy atom. The van der Waals surface area contributed by atoms with Gasteiger partial charge in [0.05, 0.1) is 12.1 Å². The quantitative estimate of drug-likeness (QED) is 0.700. The number of halogens is 3. The molecule has 0 saturated carbocycles. The van der Waals surface area contributed by atoms with Crippen LogP contribution in [0.5, 0.6) is 0 Å². The van der Waals surface area contributed by atoms with Crippen molar-refractivity contribution in [3.63, 3.8) is 0 Å². The van der Waals surface area contributed by atoms with E-state index >= 15 is 0 Å². The smallest absolute Gasteiger partial charge is 0.337 e. The summed E-state index contributed by atoms with van der Waals surface area (Å²) in [5, 5.41) is 0. The van der Waals surface area contributed by atoms with Crippen molar-refractivity contribution in [2.45, 2.75) is 45.2 Å². The van der Waals surface area contributed by atoms with Crippen LogP contribution in [-0.2, 0) is 11.0 Å². The molecule has 0 spiro atoms. The molecule has 4 rings (SSSR count). The lowest BCUT2D eigenvalue weighted by molar-refractivity contribution is -0.138. The second-order valence-electron chi connectivity index (χ2n) is 9.28. The zero-order chi connectivity index (χ0) is 22.2. The zero-order valence-corrected chi connectivity index (χ0v) is 18.2. The highest BCUT2D eigenvalue weighted by Crippen LogP contribution is 2.39. The summed E-state index contributed by atoms with van der Waals surface area (Å²) < 4.78 is 40.2. The van der Waals surface area contributed by atoms with Gasteiger partial charge in [0.25, 0.3) is 5.91 Å². The van der Waals surface area contributed by atoms with E-state index < -0.39 is 11.7 Å². The van der Waals surface area contributed by atoms with Gasteiger partial charge in [0, 0.05) is 32.7 Å². The molecule has 0 radical (unpaired) electrons. The molecule has 0 N–H and O–H groups in total. The van der Waals surface area contributed by atoms with Gasteiger partial charge in [-0.25, -0.2) is 0 Å². The molecule has 1 aromatic carbocycles. The SMILES string of the molecule is CC(C)CN1CCC2=C(C1)C(C(=O)N1CCC(c3ccccc3C(F)(F)F)CC1)=NC2. The second kappa shape index (κ2) is 8.77. The molecule has 7 heteroatoms. The first-order valence-corrected chi connectivity index (χ1v) is 11.2. The van der Waals surface area contributed by atoms with E-state index in [1.54, 1.807) is 17.0 Å². The third-order valence-corrected chi connectivity index (χ3v) is 6.57. The van der Waals surface area contributed by atoms with Crippen LogP contribution in [-0.4, -0.2) is 60.7 Å². The summed E-state index contributed by atoms with van der Waals surface area (Å²) in [6.07, 6.45) is -2.32. The molecule has 168 valence electrons. The molecule has 1 aromatic rings. The number of benzene rings is 1. The lowest BCUT2D eigenvalue weighted by Crippen LogP contribution is -2.44. The predicted octanol–water partition coefficient (Wildman–Crippen LogP) is 4.52. The Morgan fingerprint density at radius 2 is 1.87 bits per heavy atom. The van der Waals surface area contributed by atoms with Crippen LogP contribution in [0.3, 0.4) is 0 Å². The first-order chi connectivity index (χ1) is 14.7. The number of likely N-dealkylation sites (tertiary alicyclic amines) is 1.